The minimum atomic E-state index is -1.13. The summed E-state index contributed by atoms with van der Waals surface area (Å²) < 4.78 is 0. The zero-order chi connectivity index (χ0) is 22.3. The fourth-order valence-corrected chi connectivity index (χ4v) is 5.24. The van der Waals surface area contributed by atoms with Crippen molar-refractivity contribution in [3.63, 3.8) is 0 Å². The Kier molecular flexibility index (Phi) is 5.42. The predicted octanol–water partition coefficient (Wildman–Crippen LogP) is 4.58. The molecule has 2 unspecified atom stereocenters. The van der Waals surface area contributed by atoms with Crippen LogP contribution in [0.25, 0.3) is 0 Å². The van der Waals surface area contributed by atoms with Gasteiger partial charge in [0.2, 0.25) is 5.91 Å². The van der Waals surface area contributed by atoms with Crippen molar-refractivity contribution in [2.45, 2.75) is 64.6 Å². The molecule has 0 spiro atoms. The third kappa shape index (κ3) is 3.99. The van der Waals surface area contributed by atoms with Gasteiger partial charge >= 0.3 is 6.09 Å². The summed E-state index contributed by atoms with van der Waals surface area (Å²) in [6.45, 7) is 6.15. The molecule has 0 aromatic heterocycles. The number of carbonyl (C=O) groups excluding carboxylic acids is 1. The minimum Gasteiger partial charge on any atom is -0.508 e. The topological polar surface area (TPSA) is 89.9 Å². The largest absolute Gasteiger partial charge is 0.508 e. The molecule has 2 amide bonds. The van der Waals surface area contributed by atoms with E-state index >= 15 is 0 Å². The minimum absolute atomic E-state index is 0.0744. The number of amides is 2. The van der Waals surface area contributed by atoms with E-state index in [2.05, 4.69) is 17.4 Å². The number of hydrogen-bond donors (Lipinski definition) is 3. The van der Waals surface area contributed by atoms with Crippen LogP contribution < -0.4 is 5.32 Å². The molecule has 2 aromatic rings. The molecule has 1 aliphatic carbocycles. The van der Waals surface area contributed by atoms with Crippen LogP contribution in [0.4, 0.5) is 4.79 Å². The zero-order valence-corrected chi connectivity index (χ0v) is 18.3. The smallest absolute Gasteiger partial charge is 0.408 e. The molecule has 0 radical (unpaired) electrons. The van der Waals surface area contributed by atoms with E-state index in [4.69, 9.17) is 0 Å². The SMILES string of the molecule is CC(C)(C)C1c2ccc(O)cc2CN(C(=O)O)C1C(=O)N[C@@H]1CCCc2ccccc21. The molecule has 0 saturated carbocycles. The molecular weight excluding hydrogens is 392 g/mol. The number of nitrogens with one attached hydrogen (secondary N) is 1. The fraction of sp³-hybridized carbons (Fsp3) is 0.440. The number of hydrogen-bond acceptors (Lipinski definition) is 3. The van der Waals surface area contributed by atoms with E-state index < -0.39 is 12.1 Å². The molecule has 3 atom stereocenters. The van der Waals surface area contributed by atoms with Crippen molar-refractivity contribution in [3.8, 4) is 5.75 Å². The van der Waals surface area contributed by atoms with Crippen LogP contribution in [0.5, 0.6) is 5.75 Å². The number of fused-ring (bicyclic) bond motifs is 2. The Hall–Kier alpha value is -3.02. The van der Waals surface area contributed by atoms with Gasteiger partial charge in [-0.25, -0.2) is 4.79 Å². The lowest BCUT2D eigenvalue weighted by Crippen LogP contribution is -2.57. The highest BCUT2D eigenvalue weighted by molar-refractivity contribution is 5.87. The summed E-state index contributed by atoms with van der Waals surface area (Å²) in [6.07, 6.45) is 1.69. The van der Waals surface area contributed by atoms with E-state index in [-0.39, 0.29) is 35.6 Å². The Morgan fingerprint density at radius 3 is 2.52 bits per heavy atom. The molecule has 4 rings (SSSR count). The molecule has 0 fully saturated rings. The maximum atomic E-state index is 13.7. The molecule has 31 heavy (non-hydrogen) atoms. The molecule has 1 aliphatic heterocycles. The molecule has 0 bridgehead atoms. The van der Waals surface area contributed by atoms with Gasteiger partial charge in [-0.3, -0.25) is 9.69 Å². The summed E-state index contributed by atoms with van der Waals surface area (Å²) in [6, 6.07) is 12.2. The van der Waals surface area contributed by atoms with Gasteiger partial charge in [0, 0.05) is 5.92 Å². The van der Waals surface area contributed by atoms with Crippen molar-refractivity contribution in [1.82, 2.24) is 10.2 Å². The zero-order valence-electron chi connectivity index (χ0n) is 18.3. The lowest BCUT2D eigenvalue weighted by molar-refractivity contribution is -0.129. The van der Waals surface area contributed by atoms with E-state index in [1.807, 2.05) is 39.0 Å². The molecular formula is C25H30N2O4. The van der Waals surface area contributed by atoms with Gasteiger partial charge in [-0.1, -0.05) is 51.1 Å². The van der Waals surface area contributed by atoms with Gasteiger partial charge in [0.15, 0.2) is 0 Å². The lowest BCUT2D eigenvalue weighted by Gasteiger charge is -2.46. The summed E-state index contributed by atoms with van der Waals surface area (Å²) in [4.78, 5) is 27.1. The van der Waals surface area contributed by atoms with Crippen LogP contribution in [0.3, 0.4) is 0 Å². The van der Waals surface area contributed by atoms with Gasteiger partial charge in [-0.15, -0.1) is 0 Å². The number of phenolic OH excluding ortho intramolecular Hbond substituents is 1. The van der Waals surface area contributed by atoms with E-state index in [1.54, 1.807) is 12.1 Å². The predicted molar refractivity (Wildman–Crippen MR) is 118 cm³/mol. The second kappa shape index (κ2) is 7.91. The highest BCUT2D eigenvalue weighted by Gasteiger charge is 2.47. The highest BCUT2D eigenvalue weighted by atomic mass is 16.4. The Morgan fingerprint density at radius 2 is 1.81 bits per heavy atom. The van der Waals surface area contributed by atoms with Crippen LogP contribution in [0, 0.1) is 5.41 Å². The Balaban J connectivity index is 1.73. The van der Waals surface area contributed by atoms with Crippen molar-refractivity contribution in [2.75, 3.05) is 0 Å². The molecule has 6 heteroatoms. The average Bonchev–Trinajstić information content (AvgIpc) is 2.71. The summed E-state index contributed by atoms with van der Waals surface area (Å²) in [7, 11) is 0. The highest BCUT2D eigenvalue weighted by Crippen LogP contribution is 2.46. The van der Waals surface area contributed by atoms with Gasteiger partial charge in [-0.2, -0.15) is 0 Å². The normalized spacial score (nSPS) is 22.9. The number of rotatable bonds is 2. The monoisotopic (exact) mass is 422 g/mol. The van der Waals surface area contributed by atoms with Gasteiger partial charge in [-0.05, 0) is 59.1 Å². The molecule has 1 heterocycles. The number of nitrogens with zero attached hydrogens (tertiary/aromatic N) is 1. The van der Waals surface area contributed by atoms with Crippen LogP contribution in [-0.2, 0) is 17.8 Å². The van der Waals surface area contributed by atoms with Gasteiger partial charge in [0.05, 0.1) is 12.6 Å². The average molecular weight is 423 g/mol. The molecule has 2 aromatic carbocycles. The Morgan fingerprint density at radius 1 is 1.06 bits per heavy atom. The molecule has 6 nitrogen and oxygen atoms in total. The standard InChI is InChI=1S/C25H30N2O4/c1-25(2,3)21-19-12-11-17(28)13-16(19)14-27(24(30)31)22(21)23(29)26-20-10-6-8-15-7-4-5-9-18(15)20/h4-5,7,9,11-13,20-22,28H,6,8,10,14H2,1-3H3,(H,26,29)(H,30,31)/t20-,21?,22?/m1/s1. The van der Waals surface area contributed by atoms with Crippen LogP contribution in [0.1, 0.15) is 67.8 Å². The van der Waals surface area contributed by atoms with Crippen LogP contribution in [0.2, 0.25) is 0 Å². The van der Waals surface area contributed by atoms with Crippen LogP contribution >= 0.6 is 0 Å². The van der Waals surface area contributed by atoms with Crippen molar-refractivity contribution in [3.05, 3.63) is 64.7 Å². The van der Waals surface area contributed by atoms with E-state index in [9.17, 15) is 19.8 Å². The fourth-order valence-electron chi connectivity index (χ4n) is 5.24. The Labute approximate surface area is 182 Å². The maximum absolute atomic E-state index is 13.7. The summed E-state index contributed by atoms with van der Waals surface area (Å²) >= 11 is 0. The number of carbonyl (C=O) groups is 2. The van der Waals surface area contributed by atoms with Crippen molar-refractivity contribution < 1.29 is 19.8 Å². The second-order valence-electron chi connectivity index (χ2n) is 9.73. The number of aryl methyl sites for hydroxylation is 1. The second-order valence-corrected chi connectivity index (χ2v) is 9.73. The van der Waals surface area contributed by atoms with Crippen molar-refractivity contribution in [1.29, 1.82) is 0 Å². The first-order valence-electron chi connectivity index (χ1n) is 10.9. The molecule has 2 aliphatic rings. The van der Waals surface area contributed by atoms with E-state index in [0.717, 1.165) is 36.0 Å². The maximum Gasteiger partial charge on any atom is 0.408 e. The number of aromatic hydroxyl groups is 1. The number of carboxylic acid groups (broad SMARTS) is 1. The molecule has 0 saturated heterocycles. The first-order chi connectivity index (χ1) is 14.7. The number of benzene rings is 2. The molecule has 164 valence electrons. The van der Waals surface area contributed by atoms with Gasteiger partial charge in [0.25, 0.3) is 0 Å². The van der Waals surface area contributed by atoms with Crippen LogP contribution in [0.15, 0.2) is 42.5 Å². The third-order valence-electron chi connectivity index (χ3n) is 6.59. The molecule has 3 N–H and O–H groups in total. The van der Waals surface area contributed by atoms with E-state index in [0.29, 0.717) is 0 Å². The Bertz CT molecular complexity index is 1010. The summed E-state index contributed by atoms with van der Waals surface area (Å²) in [5.41, 5.74) is 3.66. The quantitative estimate of drug-likeness (QED) is 0.661. The van der Waals surface area contributed by atoms with Gasteiger partial charge in [0.1, 0.15) is 11.8 Å². The summed E-state index contributed by atoms with van der Waals surface area (Å²) in [5, 5.41) is 23.1. The van der Waals surface area contributed by atoms with Gasteiger partial charge < -0.3 is 15.5 Å². The lowest BCUT2D eigenvalue weighted by atomic mass is 9.68. The van der Waals surface area contributed by atoms with Crippen molar-refractivity contribution in [2.24, 2.45) is 5.41 Å². The van der Waals surface area contributed by atoms with Crippen molar-refractivity contribution >= 4 is 12.0 Å². The first-order valence-corrected chi connectivity index (χ1v) is 10.9. The first kappa shape index (κ1) is 21.2. The third-order valence-corrected chi connectivity index (χ3v) is 6.59. The number of phenols is 1. The van der Waals surface area contributed by atoms with Crippen LogP contribution in [-0.4, -0.2) is 33.2 Å². The summed E-state index contributed by atoms with van der Waals surface area (Å²) in [5.74, 6) is -0.506. The van der Waals surface area contributed by atoms with E-state index in [1.165, 1.54) is 10.5 Å².